The Hall–Kier alpha value is -2.97. The first-order chi connectivity index (χ1) is 15.1. The predicted octanol–water partition coefficient (Wildman–Crippen LogP) is 4.45. The van der Waals surface area contributed by atoms with Gasteiger partial charge < -0.3 is 19.5 Å². The molecule has 1 N–H and O–H groups in total. The van der Waals surface area contributed by atoms with Crippen molar-refractivity contribution in [2.24, 2.45) is 0 Å². The SMILES string of the molecule is COc1cc(-c2nc(C(=O)NCC3CCCO3)cs2)ccc1OCc1ccc(F)cc1. The average Bonchev–Trinajstić information content (AvgIpc) is 3.49. The first-order valence-electron chi connectivity index (χ1n) is 10.0. The molecule has 0 bridgehead atoms. The molecule has 0 saturated carbocycles. The van der Waals surface area contributed by atoms with Crippen molar-refractivity contribution in [2.75, 3.05) is 20.3 Å². The maximum Gasteiger partial charge on any atom is 0.270 e. The van der Waals surface area contributed by atoms with Crippen LogP contribution in [-0.2, 0) is 11.3 Å². The molecule has 1 saturated heterocycles. The number of carbonyl (C=O) groups is 1. The number of hydrogen-bond donors (Lipinski definition) is 1. The van der Waals surface area contributed by atoms with E-state index in [1.807, 2.05) is 12.1 Å². The van der Waals surface area contributed by atoms with Crippen LogP contribution in [0, 0.1) is 5.82 Å². The molecule has 0 spiro atoms. The van der Waals surface area contributed by atoms with Gasteiger partial charge in [-0.2, -0.15) is 0 Å². The lowest BCUT2D eigenvalue weighted by Crippen LogP contribution is -2.31. The Morgan fingerprint density at radius 1 is 1.26 bits per heavy atom. The molecule has 6 nitrogen and oxygen atoms in total. The molecule has 162 valence electrons. The zero-order chi connectivity index (χ0) is 21.6. The molecule has 8 heteroatoms. The first kappa shape index (κ1) is 21.3. The maximum absolute atomic E-state index is 13.0. The van der Waals surface area contributed by atoms with Crippen LogP contribution >= 0.6 is 11.3 Å². The van der Waals surface area contributed by atoms with Crippen molar-refractivity contribution < 1.29 is 23.4 Å². The number of ether oxygens (including phenoxy) is 3. The topological polar surface area (TPSA) is 69.7 Å². The third kappa shape index (κ3) is 5.39. The number of nitrogens with zero attached hydrogens (tertiary/aromatic N) is 1. The second-order valence-electron chi connectivity index (χ2n) is 7.16. The van der Waals surface area contributed by atoms with Crippen molar-refractivity contribution in [1.82, 2.24) is 10.3 Å². The van der Waals surface area contributed by atoms with Crippen LogP contribution in [0.5, 0.6) is 11.5 Å². The Morgan fingerprint density at radius 3 is 2.84 bits per heavy atom. The molecule has 0 radical (unpaired) electrons. The van der Waals surface area contributed by atoms with E-state index in [-0.39, 0.29) is 17.8 Å². The number of hydrogen-bond acceptors (Lipinski definition) is 6. The summed E-state index contributed by atoms with van der Waals surface area (Å²) in [7, 11) is 1.57. The number of amides is 1. The highest BCUT2D eigenvalue weighted by Gasteiger charge is 2.18. The van der Waals surface area contributed by atoms with Crippen LogP contribution in [0.15, 0.2) is 47.8 Å². The van der Waals surface area contributed by atoms with Crippen LogP contribution in [0.2, 0.25) is 0 Å². The summed E-state index contributed by atoms with van der Waals surface area (Å²) in [6.07, 6.45) is 2.10. The fourth-order valence-corrected chi connectivity index (χ4v) is 4.07. The lowest BCUT2D eigenvalue weighted by Gasteiger charge is -2.12. The van der Waals surface area contributed by atoms with Crippen LogP contribution in [0.25, 0.3) is 10.6 Å². The molecule has 2 aromatic carbocycles. The van der Waals surface area contributed by atoms with Crippen LogP contribution in [0.1, 0.15) is 28.9 Å². The quantitative estimate of drug-likeness (QED) is 0.558. The molecule has 1 atom stereocenters. The Bertz CT molecular complexity index is 1030. The van der Waals surface area contributed by atoms with Crippen LogP contribution in [-0.4, -0.2) is 37.3 Å². The van der Waals surface area contributed by atoms with E-state index >= 15 is 0 Å². The van der Waals surface area contributed by atoms with E-state index in [1.165, 1.54) is 23.5 Å². The lowest BCUT2D eigenvalue weighted by atomic mass is 10.2. The highest BCUT2D eigenvalue weighted by molar-refractivity contribution is 7.13. The number of halogens is 1. The molecule has 3 aromatic rings. The molecule has 1 fully saturated rings. The number of aromatic nitrogens is 1. The van der Waals surface area contributed by atoms with Crippen molar-refractivity contribution >= 4 is 17.2 Å². The summed E-state index contributed by atoms with van der Waals surface area (Å²) in [5, 5.41) is 5.34. The van der Waals surface area contributed by atoms with Gasteiger partial charge in [0.1, 0.15) is 23.1 Å². The minimum Gasteiger partial charge on any atom is -0.493 e. The molecule has 1 aliphatic heterocycles. The number of methoxy groups -OCH3 is 1. The van der Waals surface area contributed by atoms with Gasteiger partial charge in [-0.15, -0.1) is 11.3 Å². The first-order valence-corrected chi connectivity index (χ1v) is 10.9. The summed E-state index contributed by atoms with van der Waals surface area (Å²) in [5.74, 6) is 0.638. The van der Waals surface area contributed by atoms with Gasteiger partial charge in [-0.1, -0.05) is 12.1 Å². The van der Waals surface area contributed by atoms with E-state index < -0.39 is 0 Å². The third-order valence-corrected chi connectivity index (χ3v) is 5.86. The highest BCUT2D eigenvalue weighted by atomic mass is 32.1. The number of carbonyl (C=O) groups excluding carboxylic acids is 1. The molecule has 31 heavy (non-hydrogen) atoms. The number of rotatable bonds is 8. The summed E-state index contributed by atoms with van der Waals surface area (Å²) < 4.78 is 29.9. The average molecular weight is 443 g/mol. The molecule has 2 heterocycles. The van der Waals surface area contributed by atoms with Crippen molar-refractivity contribution in [3.05, 3.63) is 64.9 Å². The summed E-state index contributed by atoms with van der Waals surface area (Å²) in [5.41, 5.74) is 2.06. The largest absolute Gasteiger partial charge is 0.493 e. The van der Waals surface area contributed by atoms with E-state index in [2.05, 4.69) is 10.3 Å². The molecule has 0 aliphatic carbocycles. The Balaban J connectivity index is 1.41. The predicted molar refractivity (Wildman–Crippen MR) is 116 cm³/mol. The number of benzene rings is 2. The van der Waals surface area contributed by atoms with Gasteiger partial charge in [0, 0.05) is 24.1 Å². The van der Waals surface area contributed by atoms with Gasteiger partial charge in [0.2, 0.25) is 0 Å². The van der Waals surface area contributed by atoms with Gasteiger partial charge in [-0.05, 0) is 48.7 Å². The second kappa shape index (κ2) is 9.89. The number of thiazole rings is 1. The van der Waals surface area contributed by atoms with Crippen molar-refractivity contribution in [3.8, 4) is 22.1 Å². The summed E-state index contributed by atoms with van der Waals surface area (Å²) >= 11 is 1.39. The third-order valence-electron chi connectivity index (χ3n) is 4.97. The van der Waals surface area contributed by atoms with Gasteiger partial charge in [0.05, 0.1) is 13.2 Å². The monoisotopic (exact) mass is 442 g/mol. The minimum atomic E-state index is -0.283. The van der Waals surface area contributed by atoms with E-state index in [0.29, 0.717) is 35.4 Å². The molecule has 1 amide bonds. The summed E-state index contributed by atoms with van der Waals surface area (Å²) in [6.45, 7) is 1.55. The Morgan fingerprint density at radius 2 is 2.10 bits per heavy atom. The normalized spacial score (nSPS) is 15.6. The zero-order valence-electron chi connectivity index (χ0n) is 17.1. The highest BCUT2D eigenvalue weighted by Crippen LogP contribution is 2.34. The van der Waals surface area contributed by atoms with Crippen LogP contribution in [0.4, 0.5) is 4.39 Å². The standard InChI is InChI=1S/C23H23FN2O4S/c1-28-21-11-16(6-9-20(21)30-13-15-4-7-17(24)8-5-15)23-26-19(14-31-23)22(27)25-12-18-3-2-10-29-18/h4-9,11,14,18H,2-3,10,12-13H2,1H3,(H,25,27). The molecular formula is C23H23FN2O4S. The fourth-order valence-electron chi connectivity index (χ4n) is 3.27. The van der Waals surface area contributed by atoms with E-state index in [0.717, 1.165) is 30.6 Å². The zero-order valence-corrected chi connectivity index (χ0v) is 17.9. The molecule has 1 unspecified atom stereocenters. The van der Waals surface area contributed by atoms with Crippen molar-refractivity contribution in [2.45, 2.75) is 25.6 Å². The second-order valence-corrected chi connectivity index (χ2v) is 8.02. The lowest BCUT2D eigenvalue weighted by molar-refractivity contribution is 0.0854. The Labute approximate surface area is 184 Å². The van der Waals surface area contributed by atoms with Gasteiger partial charge in [-0.25, -0.2) is 9.37 Å². The Kier molecular flexibility index (Phi) is 6.79. The van der Waals surface area contributed by atoms with E-state index in [1.54, 1.807) is 30.7 Å². The van der Waals surface area contributed by atoms with Crippen molar-refractivity contribution in [3.63, 3.8) is 0 Å². The van der Waals surface area contributed by atoms with Gasteiger partial charge in [0.25, 0.3) is 5.91 Å². The maximum atomic E-state index is 13.0. The van der Waals surface area contributed by atoms with Gasteiger partial charge in [-0.3, -0.25) is 4.79 Å². The smallest absolute Gasteiger partial charge is 0.270 e. The minimum absolute atomic E-state index is 0.0915. The van der Waals surface area contributed by atoms with Gasteiger partial charge >= 0.3 is 0 Å². The van der Waals surface area contributed by atoms with Crippen LogP contribution < -0.4 is 14.8 Å². The van der Waals surface area contributed by atoms with Gasteiger partial charge in [0.15, 0.2) is 11.5 Å². The van der Waals surface area contributed by atoms with E-state index in [4.69, 9.17) is 14.2 Å². The number of nitrogens with one attached hydrogen (secondary N) is 1. The molecule has 1 aliphatic rings. The van der Waals surface area contributed by atoms with E-state index in [9.17, 15) is 9.18 Å². The van der Waals surface area contributed by atoms with Crippen LogP contribution in [0.3, 0.4) is 0 Å². The summed E-state index contributed by atoms with van der Waals surface area (Å²) in [4.78, 5) is 16.8. The van der Waals surface area contributed by atoms with Crippen molar-refractivity contribution in [1.29, 1.82) is 0 Å². The fraction of sp³-hybridized carbons (Fsp3) is 0.304. The molecule has 4 rings (SSSR count). The summed E-state index contributed by atoms with van der Waals surface area (Å²) in [6, 6.07) is 11.7. The molecule has 1 aromatic heterocycles. The molecular weight excluding hydrogens is 419 g/mol.